The van der Waals surface area contributed by atoms with E-state index in [1.54, 1.807) is 30.5 Å². The predicted octanol–water partition coefficient (Wildman–Crippen LogP) is 6.96. The summed E-state index contributed by atoms with van der Waals surface area (Å²) in [7, 11) is 1.87. The third kappa shape index (κ3) is 7.03. The number of hydrogen-bond acceptors (Lipinski definition) is 8. The number of nitrogens with zero attached hydrogens (tertiary/aromatic N) is 5. The Morgan fingerprint density at radius 2 is 1.58 bits per heavy atom. The summed E-state index contributed by atoms with van der Waals surface area (Å²) in [6.45, 7) is 4.04. The van der Waals surface area contributed by atoms with Gasteiger partial charge in [-0.15, -0.1) is 0 Å². The number of hydrogen-bond donors (Lipinski definition) is 4. The highest BCUT2D eigenvalue weighted by Crippen LogP contribution is 2.63. The number of aromatic nitrogens is 3. The molecule has 4 N–H and O–H groups in total. The van der Waals surface area contributed by atoms with Crippen LogP contribution in [0.5, 0.6) is 0 Å². The van der Waals surface area contributed by atoms with E-state index < -0.39 is 11.4 Å². The zero-order valence-electron chi connectivity index (χ0n) is 32.0. The highest BCUT2D eigenvalue weighted by atomic mass is 35.5. The number of aliphatic carboxylic acids is 1. The number of carbonyl (C=O) groups is 3. The molecule has 0 radical (unpaired) electrons. The third-order valence-corrected chi connectivity index (χ3v) is 14.5. The SMILES string of the molecule is Cn1c(C(=O)Nc2cccc(-c3cccc(NC(=O)c4cc5c(cn4)CN([C@H]4C[C@@H](O)C4)CC5)c3Cl)c2Cl)nc2c1CCN(CCC13CCC(C(=O)O)(CC1)C3)C2. The Labute approximate surface area is 341 Å². The number of pyridine rings is 1. The van der Waals surface area contributed by atoms with Crippen molar-refractivity contribution in [2.45, 2.75) is 89.4 Å². The van der Waals surface area contributed by atoms with Gasteiger partial charge in [0.2, 0.25) is 0 Å². The van der Waals surface area contributed by atoms with Gasteiger partial charge in [0.1, 0.15) is 5.69 Å². The molecule has 2 bridgehead atoms. The van der Waals surface area contributed by atoms with Crippen molar-refractivity contribution in [2.24, 2.45) is 17.9 Å². The van der Waals surface area contributed by atoms with Gasteiger partial charge >= 0.3 is 5.97 Å². The van der Waals surface area contributed by atoms with Crippen molar-refractivity contribution in [2.75, 3.05) is 30.3 Å². The van der Waals surface area contributed by atoms with E-state index in [2.05, 4.69) is 25.4 Å². The van der Waals surface area contributed by atoms with Crippen LogP contribution in [0.15, 0.2) is 48.7 Å². The highest BCUT2D eigenvalue weighted by molar-refractivity contribution is 6.40. The average Bonchev–Trinajstić information content (AvgIpc) is 3.88. The summed E-state index contributed by atoms with van der Waals surface area (Å²) in [6, 6.07) is 12.9. The van der Waals surface area contributed by atoms with Crippen LogP contribution in [0.3, 0.4) is 0 Å². The van der Waals surface area contributed by atoms with Crippen molar-refractivity contribution in [3.8, 4) is 11.1 Å². The van der Waals surface area contributed by atoms with Crippen molar-refractivity contribution in [3.05, 3.63) is 92.7 Å². The lowest BCUT2D eigenvalue weighted by Gasteiger charge is -2.42. The molecule has 4 aromatic rings. The van der Waals surface area contributed by atoms with Gasteiger partial charge in [-0.3, -0.25) is 29.2 Å². The molecule has 0 spiro atoms. The van der Waals surface area contributed by atoms with Crippen LogP contribution in [0.25, 0.3) is 11.1 Å². The van der Waals surface area contributed by atoms with E-state index in [1.165, 1.54) is 0 Å². The van der Waals surface area contributed by atoms with Crippen LogP contribution in [0.1, 0.15) is 95.0 Å². The Balaban J connectivity index is 0.853. The molecule has 12 nitrogen and oxygen atoms in total. The number of carbonyl (C=O) groups excluding carboxylic acids is 2. The number of imidazole rings is 1. The molecule has 4 heterocycles. The number of fused-ring (bicyclic) bond motifs is 4. The Hall–Kier alpha value is -4.33. The van der Waals surface area contributed by atoms with Gasteiger partial charge in [-0.2, -0.15) is 0 Å². The number of anilines is 2. The number of benzene rings is 2. The maximum atomic E-state index is 13.7. The van der Waals surface area contributed by atoms with Crippen molar-refractivity contribution in [3.63, 3.8) is 0 Å². The van der Waals surface area contributed by atoms with Crippen molar-refractivity contribution in [1.82, 2.24) is 24.3 Å². The van der Waals surface area contributed by atoms with Crippen LogP contribution in [0, 0.1) is 10.8 Å². The summed E-state index contributed by atoms with van der Waals surface area (Å²) in [4.78, 5) is 53.2. The van der Waals surface area contributed by atoms with E-state index in [0.717, 1.165) is 113 Å². The second kappa shape index (κ2) is 14.8. The Bertz CT molecular complexity index is 2280. The van der Waals surface area contributed by atoms with Gasteiger partial charge in [0.25, 0.3) is 11.8 Å². The Morgan fingerprint density at radius 3 is 2.23 bits per heavy atom. The van der Waals surface area contributed by atoms with Crippen molar-refractivity contribution in [1.29, 1.82) is 0 Å². The number of amides is 2. The Kier molecular flexibility index (Phi) is 9.92. The normalized spacial score (nSPS) is 25.4. The molecule has 0 unspecified atom stereocenters. The second-order valence-corrected chi connectivity index (χ2v) is 17.8. The zero-order chi connectivity index (χ0) is 39.6. The molecule has 14 heteroatoms. The molecular weight excluding hydrogens is 765 g/mol. The third-order valence-electron chi connectivity index (χ3n) is 13.7. The standard InChI is InChI=1S/C43H47Cl2N7O5/c1-50-35-9-15-51(17-14-42-10-12-43(24-42,13-11-42)41(56)57)23-34(35)47-38(50)40(55)49-32-7-3-5-30(37(32)45)29-4-2-6-31(36(29)44)48-39(54)33-18-25-8-16-52(22-26(25)21-46-33)27-19-28(53)20-27/h2-7,18,21,27-28,53H,8-17,19-20,22-24H2,1H3,(H,48,54)(H,49,55)(H,56,57)/t27-,28+,42?,43?. The van der Waals surface area contributed by atoms with Crippen LogP contribution in [-0.4, -0.2) is 84.1 Å². The van der Waals surface area contributed by atoms with Crippen LogP contribution >= 0.6 is 23.2 Å². The largest absolute Gasteiger partial charge is 0.481 e. The number of nitrogens with one attached hydrogen (secondary N) is 2. The summed E-state index contributed by atoms with van der Waals surface area (Å²) in [5.74, 6) is -1.08. The van der Waals surface area contributed by atoms with Gasteiger partial charge in [0.05, 0.1) is 38.6 Å². The van der Waals surface area contributed by atoms with E-state index in [0.29, 0.717) is 56.7 Å². The van der Waals surface area contributed by atoms with Crippen molar-refractivity contribution < 1.29 is 24.6 Å². The molecule has 3 fully saturated rings. The van der Waals surface area contributed by atoms with Gasteiger partial charge in [-0.05, 0) is 99.1 Å². The van der Waals surface area contributed by atoms with Crippen molar-refractivity contribution >= 4 is 52.4 Å². The minimum Gasteiger partial charge on any atom is -0.481 e. The lowest BCUT2D eigenvalue weighted by atomic mass is 9.80. The van der Waals surface area contributed by atoms with Gasteiger partial charge in [0, 0.05) is 68.7 Å². The summed E-state index contributed by atoms with van der Waals surface area (Å²) in [6.07, 6.45) is 10.1. The van der Waals surface area contributed by atoms with E-state index in [4.69, 9.17) is 28.2 Å². The molecule has 5 aliphatic rings. The lowest BCUT2D eigenvalue weighted by Crippen LogP contribution is -2.48. The molecule has 9 rings (SSSR count). The molecular formula is C43H47Cl2N7O5. The highest BCUT2D eigenvalue weighted by Gasteiger charge is 2.57. The number of aliphatic hydroxyl groups is 1. The maximum absolute atomic E-state index is 13.7. The Morgan fingerprint density at radius 1 is 0.895 bits per heavy atom. The molecule has 3 aliphatic carbocycles. The molecule has 57 heavy (non-hydrogen) atoms. The quantitative estimate of drug-likeness (QED) is 0.133. The number of aliphatic hydroxyl groups excluding tert-OH is 1. The predicted molar refractivity (Wildman–Crippen MR) is 218 cm³/mol. The van der Waals surface area contributed by atoms with Crippen LogP contribution in [-0.2, 0) is 37.8 Å². The number of carboxylic acids is 1. The van der Waals surface area contributed by atoms with E-state index in [9.17, 15) is 24.6 Å². The van der Waals surface area contributed by atoms with Gasteiger partial charge in [-0.25, -0.2) is 4.98 Å². The van der Waals surface area contributed by atoms with Crippen LogP contribution < -0.4 is 10.6 Å². The number of carboxylic acid groups (broad SMARTS) is 1. The van der Waals surface area contributed by atoms with E-state index in [-0.39, 0.29) is 23.3 Å². The first-order valence-electron chi connectivity index (χ1n) is 20.0. The molecule has 0 atom stereocenters. The first kappa shape index (κ1) is 38.2. The molecule has 2 aromatic carbocycles. The molecule has 0 saturated heterocycles. The monoisotopic (exact) mass is 811 g/mol. The lowest BCUT2D eigenvalue weighted by molar-refractivity contribution is -0.148. The fourth-order valence-corrected chi connectivity index (χ4v) is 10.7. The smallest absolute Gasteiger partial charge is 0.309 e. The first-order chi connectivity index (χ1) is 27.4. The average molecular weight is 813 g/mol. The van der Waals surface area contributed by atoms with Gasteiger partial charge in [-0.1, -0.05) is 47.5 Å². The van der Waals surface area contributed by atoms with E-state index >= 15 is 0 Å². The maximum Gasteiger partial charge on any atom is 0.309 e. The molecule has 2 aliphatic heterocycles. The van der Waals surface area contributed by atoms with E-state index in [1.807, 2.05) is 29.8 Å². The first-order valence-corrected chi connectivity index (χ1v) is 20.8. The van der Waals surface area contributed by atoms with Crippen LogP contribution in [0.2, 0.25) is 10.0 Å². The zero-order valence-corrected chi connectivity index (χ0v) is 33.5. The molecule has 2 aromatic heterocycles. The molecule has 298 valence electrons. The second-order valence-electron chi connectivity index (χ2n) is 17.0. The number of halogens is 2. The van der Waals surface area contributed by atoms with Crippen LogP contribution in [0.4, 0.5) is 11.4 Å². The van der Waals surface area contributed by atoms with Gasteiger partial charge < -0.3 is 25.4 Å². The summed E-state index contributed by atoms with van der Waals surface area (Å²) >= 11 is 13.9. The summed E-state index contributed by atoms with van der Waals surface area (Å²) < 4.78 is 1.87. The summed E-state index contributed by atoms with van der Waals surface area (Å²) in [5.41, 5.74) is 6.04. The fraction of sp³-hybridized carbons (Fsp3) is 0.465. The summed E-state index contributed by atoms with van der Waals surface area (Å²) in [5, 5.41) is 26.0. The van der Waals surface area contributed by atoms with Gasteiger partial charge in [0.15, 0.2) is 5.82 Å². The minimum atomic E-state index is -0.629. The number of rotatable bonds is 10. The topological polar surface area (TPSA) is 153 Å². The fourth-order valence-electron chi connectivity index (χ4n) is 10.1. The minimum absolute atomic E-state index is 0.131. The molecule has 3 saturated carbocycles. The molecule has 2 amide bonds.